The molecule has 0 fully saturated rings. The number of benzene rings is 1. The molecule has 26 heavy (non-hydrogen) atoms. The number of methoxy groups -OCH3 is 1. The minimum absolute atomic E-state index is 0.0298. The Balaban J connectivity index is 2.17. The molecule has 1 aromatic rings. The largest absolute Gasteiger partial charge is 0.493 e. The number of Topliss-reactive ketones (excluding diaryl/α,β-unsaturated/α-hetero) is 2. The highest BCUT2D eigenvalue weighted by molar-refractivity contribution is 6.05. The molecule has 5 heteroatoms. The Morgan fingerprint density at radius 2 is 2.04 bits per heavy atom. The Kier molecular flexibility index (Phi) is 5.16. The molecule has 1 aliphatic carbocycles. The number of hydrogen-bond donors (Lipinski definition) is 1. The lowest BCUT2D eigenvalue weighted by Gasteiger charge is -2.34. The first kappa shape index (κ1) is 18.2. The summed E-state index contributed by atoms with van der Waals surface area (Å²) in [5.41, 5.74) is 4.01. The van der Waals surface area contributed by atoms with Gasteiger partial charge >= 0.3 is 0 Å². The van der Waals surface area contributed by atoms with Crippen LogP contribution >= 0.6 is 0 Å². The van der Waals surface area contributed by atoms with Crippen molar-refractivity contribution in [3.05, 3.63) is 46.3 Å². The third-order valence-electron chi connectivity index (χ3n) is 4.98. The van der Waals surface area contributed by atoms with Crippen LogP contribution < -0.4 is 14.8 Å². The lowest BCUT2D eigenvalue weighted by atomic mass is 9.74. The maximum absolute atomic E-state index is 12.7. The number of hydrogen-bond acceptors (Lipinski definition) is 5. The molecule has 5 nitrogen and oxygen atoms in total. The molecular formula is C21H25NO4. The minimum Gasteiger partial charge on any atom is -0.493 e. The van der Waals surface area contributed by atoms with Gasteiger partial charge in [0.15, 0.2) is 23.1 Å². The van der Waals surface area contributed by atoms with Crippen molar-refractivity contribution < 1.29 is 19.1 Å². The highest BCUT2D eigenvalue weighted by Crippen LogP contribution is 2.44. The third-order valence-corrected chi connectivity index (χ3v) is 4.98. The van der Waals surface area contributed by atoms with E-state index < -0.39 is 0 Å². The Morgan fingerprint density at radius 1 is 1.27 bits per heavy atom. The maximum Gasteiger partial charge on any atom is 0.161 e. The van der Waals surface area contributed by atoms with E-state index in [0.717, 1.165) is 35.4 Å². The smallest absolute Gasteiger partial charge is 0.161 e. The van der Waals surface area contributed by atoms with Crippen molar-refractivity contribution in [3.63, 3.8) is 0 Å². The standard InChI is InChI=1S/C21H25NO4/c1-5-26-17-10-9-14(11-18(17)25-4)20-19(13(3)23)12(2)22-15-7-6-8-16(24)21(15)20/h9-11,20,22H,5-8H2,1-4H3. The molecule has 0 saturated heterocycles. The van der Waals surface area contributed by atoms with Gasteiger partial charge in [0.05, 0.1) is 13.7 Å². The quantitative estimate of drug-likeness (QED) is 0.873. The van der Waals surface area contributed by atoms with Gasteiger partial charge in [-0.25, -0.2) is 0 Å². The summed E-state index contributed by atoms with van der Waals surface area (Å²) >= 11 is 0. The average Bonchev–Trinajstić information content (AvgIpc) is 2.61. The summed E-state index contributed by atoms with van der Waals surface area (Å²) in [7, 11) is 1.59. The number of dihydropyridines is 1. The molecule has 1 aliphatic heterocycles. The van der Waals surface area contributed by atoms with Gasteiger partial charge in [0.2, 0.25) is 0 Å². The predicted molar refractivity (Wildman–Crippen MR) is 99.3 cm³/mol. The van der Waals surface area contributed by atoms with Gasteiger partial charge in [0.1, 0.15) is 0 Å². The van der Waals surface area contributed by atoms with Gasteiger partial charge in [-0.2, -0.15) is 0 Å². The monoisotopic (exact) mass is 355 g/mol. The van der Waals surface area contributed by atoms with E-state index in [2.05, 4.69) is 5.32 Å². The number of nitrogens with one attached hydrogen (secondary N) is 1. The number of carbonyl (C=O) groups is 2. The van der Waals surface area contributed by atoms with E-state index in [1.165, 1.54) is 0 Å². The van der Waals surface area contributed by atoms with E-state index in [4.69, 9.17) is 9.47 Å². The SMILES string of the molecule is CCOc1ccc(C2C(C(C)=O)=C(C)NC3=C2C(=O)CCC3)cc1OC. The first-order valence-corrected chi connectivity index (χ1v) is 9.03. The van der Waals surface area contributed by atoms with E-state index >= 15 is 0 Å². The summed E-state index contributed by atoms with van der Waals surface area (Å²) in [5.74, 6) is 0.984. The van der Waals surface area contributed by atoms with Crippen LogP contribution in [0.25, 0.3) is 0 Å². The van der Waals surface area contributed by atoms with Crippen LogP contribution in [-0.4, -0.2) is 25.3 Å². The van der Waals surface area contributed by atoms with Crippen LogP contribution in [0.5, 0.6) is 11.5 Å². The summed E-state index contributed by atoms with van der Waals surface area (Å²) < 4.78 is 11.1. The Morgan fingerprint density at radius 3 is 2.69 bits per heavy atom. The number of allylic oxidation sites excluding steroid dienone is 4. The van der Waals surface area contributed by atoms with Crippen molar-refractivity contribution >= 4 is 11.6 Å². The van der Waals surface area contributed by atoms with E-state index in [1.54, 1.807) is 14.0 Å². The Bertz CT molecular complexity index is 819. The lowest BCUT2D eigenvalue weighted by molar-refractivity contribution is -0.116. The fourth-order valence-corrected chi connectivity index (χ4v) is 3.92. The molecular weight excluding hydrogens is 330 g/mol. The first-order valence-electron chi connectivity index (χ1n) is 9.03. The molecule has 0 bridgehead atoms. The molecule has 1 N–H and O–H groups in total. The van der Waals surface area contributed by atoms with Crippen molar-refractivity contribution in [2.75, 3.05) is 13.7 Å². The second-order valence-electron chi connectivity index (χ2n) is 6.67. The van der Waals surface area contributed by atoms with Gasteiger partial charge in [-0.05, 0) is 51.3 Å². The third kappa shape index (κ3) is 3.14. The minimum atomic E-state index is -0.360. The molecule has 1 atom stereocenters. The highest BCUT2D eigenvalue weighted by Gasteiger charge is 2.37. The fourth-order valence-electron chi connectivity index (χ4n) is 3.92. The van der Waals surface area contributed by atoms with Gasteiger partial charge in [0, 0.05) is 34.9 Å². The average molecular weight is 355 g/mol. The fraction of sp³-hybridized carbons (Fsp3) is 0.429. The zero-order chi connectivity index (χ0) is 18.8. The van der Waals surface area contributed by atoms with Crippen molar-refractivity contribution in [1.82, 2.24) is 5.32 Å². The first-order chi connectivity index (χ1) is 12.5. The van der Waals surface area contributed by atoms with E-state index in [-0.39, 0.29) is 17.5 Å². The van der Waals surface area contributed by atoms with Crippen LogP contribution in [0.4, 0.5) is 0 Å². The van der Waals surface area contributed by atoms with Crippen molar-refractivity contribution in [3.8, 4) is 11.5 Å². The second-order valence-corrected chi connectivity index (χ2v) is 6.67. The number of carbonyl (C=O) groups excluding carboxylic acids is 2. The molecule has 0 spiro atoms. The van der Waals surface area contributed by atoms with Gasteiger partial charge in [-0.3, -0.25) is 9.59 Å². The summed E-state index contributed by atoms with van der Waals surface area (Å²) in [4.78, 5) is 25.1. The van der Waals surface area contributed by atoms with Crippen molar-refractivity contribution in [2.24, 2.45) is 0 Å². The van der Waals surface area contributed by atoms with Gasteiger partial charge < -0.3 is 14.8 Å². The van der Waals surface area contributed by atoms with Crippen molar-refractivity contribution in [2.45, 2.75) is 46.0 Å². The topological polar surface area (TPSA) is 64.6 Å². The molecule has 0 amide bonds. The van der Waals surface area contributed by atoms with Crippen LogP contribution in [0.2, 0.25) is 0 Å². The molecule has 1 unspecified atom stereocenters. The number of ketones is 2. The van der Waals surface area contributed by atoms with E-state index in [9.17, 15) is 9.59 Å². The predicted octanol–water partition coefficient (Wildman–Crippen LogP) is 3.65. The number of rotatable bonds is 5. The normalized spacial score (nSPS) is 19.8. The van der Waals surface area contributed by atoms with Crippen LogP contribution in [0, 0.1) is 0 Å². The van der Waals surface area contributed by atoms with Crippen LogP contribution in [0.3, 0.4) is 0 Å². The molecule has 2 aliphatic rings. The summed E-state index contributed by atoms with van der Waals surface area (Å²) in [6, 6.07) is 5.65. The lowest BCUT2D eigenvalue weighted by Crippen LogP contribution is -2.33. The molecule has 0 saturated carbocycles. The van der Waals surface area contributed by atoms with Gasteiger partial charge in [0.25, 0.3) is 0 Å². The van der Waals surface area contributed by atoms with Gasteiger partial charge in [-0.15, -0.1) is 0 Å². The molecule has 0 aromatic heterocycles. The zero-order valence-electron chi connectivity index (χ0n) is 15.8. The Hall–Kier alpha value is -2.56. The second kappa shape index (κ2) is 7.36. The highest BCUT2D eigenvalue weighted by atomic mass is 16.5. The maximum atomic E-state index is 12.7. The van der Waals surface area contributed by atoms with E-state index in [1.807, 2.05) is 32.0 Å². The zero-order valence-corrected chi connectivity index (χ0v) is 15.8. The molecule has 3 rings (SSSR count). The van der Waals surface area contributed by atoms with E-state index in [0.29, 0.717) is 30.1 Å². The molecule has 138 valence electrons. The van der Waals surface area contributed by atoms with Crippen LogP contribution in [0.1, 0.15) is 51.5 Å². The van der Waals surface area contributed by atoms with Crippen LogP contribution in [0.15, 0.2) is 40.7 Å². The molecule has 1 aromatic carbocycles. The Labute approximate surface area is 154 Å². The van der Waals surface area contributed by atoms with Gasteiger partial charge in [-0.1, -0.05) is 6.07 Å². The van der Waals surface area contributed by atoms with Crippen molar-refractivity contribution in [1.29, 1.82) is 0 Å². The summed E-state index contributed by atoms with van der Waals surface area (Å²) in [6.45, 7) is 5.91. The summed E-state index contributed by atoms with van der Waals surface area (Å²) in [6.07, 6.45) is 2.19. The summed E-state index contributed by atoms with van der Waals surface area (Å²) in [5, 5.41) is 3.30. The van der Waals surface area contributed by atoms with Crippen LogP contribution in [-0.2, 0) is 9.59 Å². The molecule has 0 radical (unpaired) electrons. The number of ether oxygens (including phenoxy) is 2. The molecule has 1 heterocycles.